The first-order valence-corrected chi connectivity index (χ1v) is 5.39. The molecule has 1 N–H and O–H groups in total. The second-order valence-corrected chi connectivity index (χ2v) is 3.84. The van der Waals surface area contributed by atoms with Gasteiger partial charge in [-0.1, -0.05) is 6.07 Å². The molecule has 19 heavy (non-hydrogen) atoms. The second kappa shape index (κ2) is 5.06. The molecule has 0 bridgehead atoms. The highest BCUT2D eigenvalue weighted by atomic mass is 19.1. The van der Waals surface area contributed by atoms with E-state index in [0.717, 1.165) is 24.3 Å². The average molecular weight is 264 g/mol. The maximum Gasteiger partial charge on any atom is 0.336 e. The Labute approximate surface area is 108 Å². The highest BCUT2D eigenvalue weighted by Gasteiger charge is 2.14. The lowest BCUT2D eigenvalue weighted by Crippen LogP contribution is -2.00. The molecule has 0 fully saturated rings. The van der Waals surface area contributed by atoms with Crippen LogP contribution in [0.1, 0.15) is 10.4 Å². The largest absolute Gasteiger partial charge is 0.494 e. The van der Waals surface area contributed by atoms with Crippen molar-refractivity contribution in [1.29, 1.82) is 0 Å². The third-order valence-corrected chi connectivity index (χ3v) is 2.67. The predicted octanol–water partition coefficient (Wildman–Crippen LogP) is 3.34. The Balaban J connectivity index is 2.61. The van der Waals surface area contributed by atoms with Crippen molar-refractivity contribution < 1.29 is 23.4 Å². The second-order valence-electron chi connectivity index (χ2n) is 3.84. The van der Waals surface area contributed by atoms with Crippen molar-refractivity contribution in [3.8, 4) is 16.9 Å². The van der Waals surface area contributed by atoms with Crippen molar-refractivity contribution in [2.24, 2.45) is 0 Å². The lowest BCUT2D eigenvalue weighted by Gasteiger charge is -2.08. The summed E-state index contributed by atoms with van der Waals surface area (Å²) in [5, 5.41) is 9.05. The lowest BCUT2D eigenvalue weighted by atomic mass is 9.99. The van der Waals surface area contributed by atoms with Crippen LogP contribution in [0.3, 0.4) is 0 Å². The van der Waals surface area contributed by atoms with Crippen molar-refractivity contribution in [2.75, 3.05) is 7.11 Å². The van der Waals surface area contributed by atoms with E-state index < -0.39 is 17.6 Å². The number of hydrogen-bond acceptors (Lipinski definition) is 2. The molecule has 0 saturated heterocycles. The molecule has 0 aromatic heterocycles. The van der Waals surface area contributed by atoms with Gasteiger partial charge in [-0.05, 0) is 41.5 Å². The molecule has 0 amide bonds. The fourth-order valence-corrected chi connectivity index (χ4v) is 1.78. The first kappa shape index (κ1) is 13.0. The fourth-order valence-electron chi connectivity index (χ4n) is 1.78. The van der Waals surface area contributed by atoms with Crippen molar-refractivity contribution in [2.45, 2.75) is 0 Å². The summed E-state index contributed by atoms with van der Waals surface area (Å²) in [6.07, 6.45) is 0. The van der Waals surface area contributed by atoms with Crippen molar-refractivity contribution in [3.05, 3.63) is 53.6 Å². The molecule has 0 aliphatic carbocycles. The van der Waals surface area contributed by atoms with Crippen LogP contribution >= 0.6 is 0 Å². The van der Waals surface area contributed by atoms with Gasteiger partial charge < -0.3 is 9.84 Å². The number of aromatic carboxylic acids is 1. The summed E-state index contributed by atoms with van der Waals surface area (Å²) in [7, 11) is 1.32. The lowest BCUT2D eigenvalue weighted by molar-refractivity contribution is 0.0697. The monoisotopic (exact) mass is 264 g/mol. The molecule has 2 rings (SSSR count). The zero-order chi connectivity index (χ0) is 14.0. The van der Waals surface area contributed by atoms with Crippen molar-refractivity contribution in [3.63, 3.8) is 0 Å². The first-order valence-electron chi connectivity index (χ1n) is 5.39. The van der Waals surface area contributed by atoms with E-state index in [0.29, 0.717) is 0 Å². The number of carboxylic acids is 1. The summed E-state index contributed by atoms with van der Waals surface area (Å²) in [6.45, 7) is 0. The Bertz CT molecular complexity index is 639. The maximum atomic E-state index is 13.6. The summed E-state index contributed by atoms with van der Waals surface area (Å²) in [6, 6.07) is 7.21. The number of methoxy groups -OCH3 is 1. The van der Waals surface area contributed by atoms with E-state index in [1.54, 1.807) is 0 Å². The van der Waals surface area contributed by atoms with Crippen LogP contribution in [0.2, 0.25) is 0 Å². The molecule has 5 heteroatoms. The Hall–Kier alpha value is -2.43. The Morgan fingerprint density at radius 1 is 1.16 bits per heavy atom. The van der Waals surface area contributed by atoms with Gasteiger partial charge in [0.2, 0.25) is 0 Å². The SMILES string of the molecule is COc1ccc(-c2cc(F)ccc2C(=O)O)cc1F. The molecule has 0 aliphatic heterocycles. The first-order chi connectivity index (χ1) is 9.02. The van der Waals surface area contributed by atoms with Gasteiger partial charge in [-0.3, -0.25) is 0 Å². The van der Waals surface area contributed by atoms with Crippen LogP contribution in [0.25, 0.3) is 11.1 Å². The Kier molecular flexibility index (Phi) is 3.46. The van der Waals surface area contributed by atoms with Gasteiger partial charge in [0, 0.05) is 0 Å². The predicted molar refractivity (Wildman–Crippen MR) is 65.3 cm³/mol. The zero-order valence-electron chi connectivity index (χ0n) is 9.98. The summed E-state index contributed by atoms with van der Waals surface area (Å²) in [5.74, 6) is -2.39. The van der Waals surface area contributed by atoms with Gasteiger partial charge in [-0.2, -0.15) is 0 Å². The molecule has 0 spiro atoms. The van der Waals surface area contributed by atoms with Gasteiger partial charge in [0.1, 0.15) is 5.82 Å². The third kappa shape index (κ3) is 2.54. The van der Waals surface area contributed by atoms with Crippen LogP contribution in [0, 0.1) is 11.6 Å². The summed E-state index contributed by atoms with van der Waals surface area (Å²) < 4.78 is 31.6. The number of rotatable bonds is 3. The topological polar surface area (TPSA) is 46.5 Å². The van der Waals surface area contributed by atoms with E-state index in [1.165, 1.54) is 19.2 Å². The minimum Gasteiger partial charge on any atom is -0.494 e. The van der Waals surface area contributed by atoms with Crippen LogP contribution in [-0.4, -0.2) is 18.2 Å². The number of carbonyl (C=O) groups is 1. The molecular weight excluding hydrogens is 254 g/mol. The molecule has 0 aliphatic rings. The Morgan fingerprint density at radius 2 is 1.89 bits per heavy atom. The van der Waals surface area contributed by atoms with Gasteiger partial charge in [0.25, 0.3) is 0 Å². The quantitative estimate of drug-likeness (QED) is 0.924. The molecule has 0 radical (unpaired) electrons. The maximum absolute atomic E-state index is 13.6. The van der Waals surface area contributed by atoms with E-state index in [4.69, 9.17) is 9.84 Å². The summed E-state index contributed by atoms with van der Waals surface area (Å²) in [4.78, 5) is 11.1. The molecule has 2 aromatic rings. The standard InChI is InChI=1S/C14H10F2O3/c1-19-13-5-2-8(6-12(13)16)11-7-9(15)3-4-10(11)14(17)18/h2-7H,1H3,(H,17,18). The van der Waals surface area contributed by atoms with Gasteiger partial charge in [-0.15, -0.1) is 0 Å². The average Bonchev–Trinajstić information content (AvgIpc) is 2.38. The van der Waals surface area contributed by atoms with E-state index in [2.05, 4.69) is 0 Å². The number of ether oxygens (including phenoxy) is 1. The summed E-state index contributed by atoms with van der Waals surface area (Å²) in [5.41, 5.74) is 0.301. The van der Waals surface area contributed by atoms with Gasteiger partial charge in [-0.25, -0.2) is 13.6 Å². The van der Waals surface area contributed by atoms with Crippen LogP contribution in [-0.2, 0) is 0 Å². The summed E-state index contributed by atoms with van der Waals surface area (Å²) >= 11 is 0. The zero-order valence-corrected chi connectivity index (χ0v) is 9.98. The van der Waals surface area contributed by atoms with Crippen LogP contribution < -0.4 is 4.74 Å². The van der Waals surface area contributed by atoms with Gasteiger partial charge in [0.15, 0.2) is 11.6 Å². The highest BCUT2D eigenvalue weighted by Crippen LogP contribution is 2.28. The van der Waals surface area contributed by atoms with Gasteiger partial charge in [0.05, 0.1) is 12.7 Å². The minimum absolute atomic E-state index is 0.0389. The van der Waals surface area contributed by atoms with E-state index in [9.17, 15) is 13.6 Å². The molecule has 2 aromatic carbocycles. The molecular formula is C14H10F2O3. The molecule has 0 unspecified atom stereocenters. The van der Waals surface area contributed by atoms with Gasteiger partial charge >= 0.3 is 5.97 Å². The normalized spacial score (nSPS) is 10.3. The molecule has 98 valence electrons. The van der Waals surface area contributed by atoms with E-state index in [1.807, 2.05) is 0 Å². The smallest absolute Gasteiger partial charge is 0.336 e. The Morgan fingerprint density at radius 3 is 2.47 bits per heavy atom. The van der Waals surface area contributed by atoms with Crippen molar-refractivity contribution >= 4 is 5.97 Å². The van der Waals surface area contributed by atoms with E-state index in [-0.39, 0.29) is 22.4 Å². The fraction of sp³-hybridized carbons (Fsp3) is 0.0714. The van der Waals surface area contributed by atoms with E-state index >= 15 is 0 Å². The van der Waals surface area contributed by atoms with Crippen LogP contribution in [0.4, 0.5) is 8.78 Å². The number of carboxylic acid groups (broad SMARTS) is 1. The minimum atomic E-state index is -1.20. The van der Waals surface area contributed by atoms with Crippen molar-refractivity contribution in [1.82, 2.24) is 0 Å². The highest BCUT2D eigenvalue weighted by molar-refractivity contribution is 5.96. The molecule has 3 nitrogen and oxygen atoms in total. The molecule has 0 saturated carbocycles. The van der Waals surface area contributed by atoms with Crippen LogP contribution in [0.5, 0.6) is 5.75 Å². The molecule has 0 heterocycles. The van der Waals surface area contributed by atoms with Crippen LogP contribution in [0.15, 0.2) is 36.4 Å². The number of halogens is 2. The number of hydrogen-bond donors (Lipinski definition) is 1. The third-order valence-electron chi connectivity index (χ3n) is 2.67. The number of benzene rings is 2. The molecule has 0 atom stereocenters.